The number of methoxy groups -OCH3 is 1. The van der Waals surface area contributed by atoms with E-state index in [-0.39, 0.29) is 11.8 Å². The van der Waals surface area contributed by atoms with Gasteiger partial charge in [-0.05, 0) is 37.0 Å². The van der Waals surface area contributed by atoms with Crippen LogP contribution >= 0.6 is 0 Å². The van der Waals surface area contributed by atoms with Crippen LogP contribution in [0.2, 0.25) is 0 Å². The molecule has 0 radical (unpaired) electrons. The fourth-order valence-electron chi connectivity index (χ4n) is 4.12. The lowest BCUT2D eigenvalue weighted by Gasteiger charge is -2.33. The molecule has 1 saturated heterocycles. The van der Waals surface area contributed by atoms with Crippen molar-refractivity contribution in [1.82, 2.24) is 14.9 Å². The summed E-state index contributed by atoms with van der Waals surface area (Å²) >= 11 is 0. The molecule has 5 nitrogen and oxygen atoms in total. The molecule has 2 aromatic carbocycles. The van der Waals surface area contributed by atoms with Crippen molar-refractivity contribution in [1.29, 1.82) is 0 Å². The van der Waals surface area contributed by atoms with Crippen LogP contribution in [0.3, 0.4) is 0 Å². The lowest BCUT2D eigenvalue weighted by Crippen LogP contribution is -2.39. The minimum Gasteiger partial charge on any atom is -0.497 e. The van der Waals surface area contributed by atoms with Gasteiger partial charge in [0.25, 0.3) is 0 Å². The second-order valence-electron chi connectivity index (χ2n) is 7.69. The molecular weight excluding hydrogens is 374 g/mol. The molecule has 1 aliphatic heterocycles. The van der Waals surface area contributed by atoms with Gasteiger partial charge < -0.3 is 9.64 Å². The standard InChI is InChI=1S/C25H27N3O2/c1-30-22-11-5-9-20(17-22)24-25(27-15-14-26-24)21-10-6-16-28(18-21)23(29)13-12-19-7-3-2-4-8-19/h2-5,7-9,11,14-15,17,21H,6,10,12-13,16,18H2,1H3/t21-/m1/s1. The van der Waals surface area contributed by atoms with Crippen LogP contribution in [0, 0.1) is 0 Å². The largest absolute Gasteiger partial charge is 0.497 e. The van der Waals surface area contributed by atoms with E-state index in [0.29, 0.717) is 13.0 Å². The molecule has 1 amide bonds. The first-order valence-electron chi connectivity index (χ1n) is 10.5. The lowest BCUT2D eigenvalue weighted by molar-refractivity contribution is -0.132. The molecule has 2 heterocycles. The van der Waals surface area contributed by atoms with Gasteiger partial charge in [-0.15, -0.1) is 0 Å². The first kappa shape index (κ1) is 20.1. The van der Waals surface area contributed by atoms with Gasteiger partial charge in [-0.3, -0.25) is 14.8 Å². The predicted molar refractivity (Wildman–Crippen MR) is 117 cm³/mol. The summed E-state index contributed by atoms with van der Waals surface area (Å²) < 4.78 is 5.37. The van der Waals surface area contributed by atoms with Gasteiger partial charge in [0.15, 0.2) is 0 Å². The Morgan fingerprint density at radius 1 is 1.10 bits per heavy atom. The minimum absolute atomic E-state index is 0.189. The smallest absolute Gasteiger partial charge is 0.222 e. The number of hydrogen-bond donors (Lipinski definition) is 0. The Kier molecular flexibility index (Phi) is 6.38. The van der Waals surface area contributed by atoms with Gasteiger partial charge in [-0.1, -0.05) is 42.5 Å². The van der Waals surface area contributed by atoms with Crippen LogP contribution in [-0.2, 0) is 11.2 Å². The molecule has 1 atom stereocenters. The minimum atomic E-state index is 0.189. The maximum absolute atomic E-state index is 12.9. The Balaban J connectivity index is 1.49. The van der Waals surface area contributed by atoms with Gasteiger partial charge in [0.05, 0.1) is 18.5 Å². The van der Waals surface area contributed by atoms with E-state index >= 15 is 0 Å². The van der Waals surface area contributed by atoms with E-state index in [1.54, 1.807) is 19.5 Å². The highest BCUT2D eigenvalue weighted by atomic mass is 16.5. The van der Waals surface area contributed by atoms with Crippen molar-refractivity contribution in [3.05, 3.63) is 78.2 Å². The third kappa shape index (κ3) is 4.67. The molecule has 0 spiro atoms. The molecular formula is C25H27N3O2. The summed E-state index contributed by atoms with van der Waals surface area (Å²) in [6.07, 6.45) is 6.79. The van der Waals surface area contributed by atoms with Crippen LogP contribution in [-0.4, -0.2) is 41.0 Å². The SMILES string of the molecule is COc1cccc(-c2nccnc2[C@@H]2CCCN(C(=O)CCc3ccccc3)C2)c1. The number of amides is 1. The summed E-state index contributed by atoms with van der Waals surface area (Å²) in [5, 5.41) is 0. The normalized spacial score (nSPS) is 16.3. The molecule has 30 heavy (non-hydrogen) atoms. The zero-order valence-electron chi connectivity index (χ0n) is 17.3. The molecule has 1 fully saturated rings. The summed E-state index contributed by atoms with van der Waals surface area (Å²) in [6.45, 7) is 1.52. The van der Waals surface area contributed by atoms with Crippen LogP contribution in [0.15, 0.2) is 67.0 Å². The number of rotatable bonds is 6. The van der Waals surface area contributed by atoms with Gasteiger partial charge in [0, 0.05) is 43.4 Å². The summed E-state index contributed by atoms with van der Waals surface area (Å²) in [7, 11) is 1.66. The second-order valence-corrected chi connectivity index (χ2v) is 7.69. The molecule has 4 rings (SSSR count). The Morgan fingerprint density at radius 2 is 1.93 bits per heavy atom. The number of ether oxygens (including phenoxy) is 1. The predicted octanol–water partition coefficient (Wildman–Crippen LogP) is 4.49. The van der Waals surface area contributed by atoms with Crippen LogP contribution < -0.4 is 4.74 Å². The van der Waals surface area contributed by atoms with E-state index < -0.39 is 0 Å². The Labute approximate surface area is 177 Å². The second kappa shape index (κ2) is 9.53. The van der Waals surface area contributed by atoms with Crippen molar-refractivity contribution in [3.63, 3.8) is 0 Å². The van der Waals surface area contributed by atoms with E-state index in [9.17, 15) is 4.79 Å². The van der Waals surface area contributed by atoms with Crippen molar-refractivity contribution in [2.45, 2.75) is 31.6 Å². The first-order valence-corrected chi connectivity index (χ1v) is 10.5. The van der Waals surface area contributed by atoms with E-state index in [1.807, 2.05) is 47.4 Å². The van der Waals surface area contributed by atoms with Crippen LogP contribution in [0.25, 0.3) is 11.3 Å². The zero-order chi connectivity index (χ0) is 20.8. The number of piperidine rings is 1. The molecule has 0 bridgehead atoms. The number of carbonyl (C=O) groups excluding carboxylic acids is 1. The molecule has 0 aliphatic carbocycles. The van der Waals surface area contributed by atoms with Crippen molar-refractivity contribution in [3.8, 4) is 17.0 Å². The lowest BCUT2D eigenvalue weighted by atomic mass is 9.91. The molecule has 1 aromatic heterocycles. The van der Waals surface area contributed by atoms with Crippen molar-refractivity contribution in [2.24, 2.45) is 0 Å². The molecule has 3 aromatic rings. The highest BCUT2D eigenvalue weighted by Gasteiger charge is 2.27. The maximum Gasteiger partial charge on any atom is 0.222 e. The molecule has 5 heteroatoms. The highest BCUT2D eigenvalue weighted by molar-refractivity contribution is 5.76. The molecule has 1 aliphatic rings. The molecule has 0 unspecified atom stereocenters. The topological polar surface area (TPSA) is 55.3 Å². The van der Waals surface area contributed by atoms with Crippen LogP contribution in [0.1, 0.15) is 36.4 Å². The average Bonchev–Trinajstić information content (AvgIpc) is 2.83. The fourth-order valence-corrected chi connectivity index (χ4v) is 4.12. The number of carbonyl (C=O) groups is 1. The monoisotopic (exact) mass is 401 g/mol. The average molecular weight is 402 g/mol. The van der Waals surface area contributed by atoms with E-state index in [1.165, 1.54) is 5.56 Å². The van der Waals surface area contributed by atoms with Gasteiger partial charge in [-0.2, -0.15) is 0 Å². The van der Waals surface area contributed by atoms with Crippen molar-refractivity contribution in [2.75, 3.05) is 20.2 Å². The maximum atomic E-state index is 12.9. The summed E-state index contributed by atoms with van der Waals surface area (Å²) in [5.74, 6) is 1.20. The first-order chi connectivity index (χ1) is 14.7. The number of aryl methyl sites for hydroxylation is 1. The van der Waals surface area contributed by atoms with Gasteiger partial charge in [0.1, 0.15) is 5.75 Å². The molecule has 0 N–H and O–H groups in total. The van der Waals surface area contributed by atoms with E-state index in [4.69, 9.17) is 4.74 Å². The zero-order valence-corrected chi connectivity index (χ0v) is 17.3. The fraction of sp³-hybridized carbons (Fsp3) is 0.320. The molecule has 0 saturated carbocycles. The Morgan fingerprint density at radius 3 is 2.77 bits per heavy atom. The number of nitrogens with zero attached hydrogens (tertiary/aromatic N) is 3. The van der Waals surface area contributed by atoms with Crippen LogP contribution in [0.5, 0.6) is 5.75 Å². The highest BCUT2D eigenvalue weighted by Crippen LogP contribution is 2.33. The van der Waals surface area contributed by atoms with Gasteiger partial charge in [-0.25, -0.2) is 0 Å². The summed E-state index contributed by atoms with van der Waals surface area (Å²) in [6, 6.07) is 18.1. The Bertz CT molecular complexity index is 990. The van der Waals surface area contributed by atoms with Crippen molar-refractivity contribution < 1.29 is 9.53 Å². The number of aromatic nitrogens is 2. The number of hydrogen-bond acceptors (Lipinski definition) is 4. The van der Waals surface area contributed by atoms with Crippen molar-refractivity contribution >= 4 is 5.91 Å². The third-order valence-corrected chi connectivity index (χ3v) is 5.70. The summed E-state index contributed by atoms with van der Waals surface area (Å²) in [5.41, 5.74) is 4.03. The van der Waals surface area contributed by atoms with E-state index in [2.05, 4.69) is 22.1 Å². The van der Waals surface area contributed by atoms with E-state index in [0.717, 1.165) is 48.5 Å². The third-order valence-electron chi connectivity index (χ3n) is 5.70. The molecule has 154 valence electrons. The van der Waals surface area contributed by atoms with Gasteiger partial charge in [0.2, 0.25) is 5.91 Å². The quantitative estimate of drug-likeness (QED) is 0.611. The van der Waals surface area contributed by atoms with Crippen LogP contribution in [0.4, 0.5) is 0 Å². The van der Waals surface area contributed by atoms with Gasteiger partial charge >= 0.3 is 0 Å². The summed E-state index contributed by atoms with van der Waals surface area (Å²) in [4.78, 5) is 24.2. The number of benzene rings is 2. The number of likely N-dealkylation sites (tertiary alicyclic amines) is 1. The Hall–Kier alpha value is -3.21.